The summed E-state index contributed by atoms with van der Waals surface area (Å²) < 4.78 is 54.0. The highest BCUT2D eigenvalue weighted by Gasteiger charge is 2.43. The molecule has 2 saturated heterocycles. The van der Waals surface area contributed by atoms with Crippen molar-refractivity contribution in [2.24, 2.45) is 0 Å². The molecule has 11 heteroatoms. The number of halogens is 4. The number of nitrogens with zero attached hydrogens (tertiary/aromatic N) is 2. The van der Waals surface area contributed by atoms with Crippen LogP contribution >= 0.6 is 0 Å². The number of likely N-dealkylation sites (tertiary alicyclic amines) is 1. The molecular formula is C26H25F4N3O4. The molecular weight excluding hydrogens is 494 g/mol. The summed E-state index contributed by atoms with van der Waals surface area (Å²) in [6, 6.07) is 6.94. The van der Waals surface area contributed by atoms with Crippen molar-refractivity contribution in [1.29, 1.82) is 0 Å². The topological polar surface area (TPSA) is 90.0 Å². The van der Waals surface area contributed by atoms with Gasteiger partial charge in [-0.3, -0.25) is 24.6 Å². The molecule has 3 amide bonds. The van der Waals surface area contributed by atoms with E-state index in [1.807, 2.05) is 4.90 Å². The first-order valence-corrected chi connectivity index (χ1v) is 12.0. The molecule has 0 radical (unpaired) electrons. The van der Waals surface area contributed by atoms with Crippen LogP contribution in [0, 0.1) is 5.82 Å². The van der Waals surface area contributed by atoms with Crippen LogP contribution in [0.1, 0.15) is 58.3 Å². The predicted molar refractivity (Wildman–Crippen MR) is 122 cm³/mol. The number of aliphatic hydroxyl groups is 1. The van der Waals surface area contributed by atoms with Crippen LogP contribution in [-0.4, -0.2) is 51.8 Å². The lowest BCUT2D eigenvalue weighted by Gasteiger charge is -2.39. The summed E-state index contributed by atoms with van der Waals surface area (Å²) in [7, 11) is 0. The van der Waals surface area contributed by atoms with Gasteiger partial charge in [0.2, 0.25) is 11.8 Å². The van der Waals surface area contributed by atoms with Gasteiger partial charge in [0.15, 0.2) is 0 Å². The zero-order valence-electron chi connectivity index (χ0n) is 19.8. The summed E-state index contributed by atoms with van der Waals surface area (Å²) in [5, 5.41) is 13.5. The molecule has 2 N–H and O–H groups in total. The Labute approximate surface area is 210 Å². The number of nitrogens with one attached hydrogen (secondary N) is 1. The molecule has 0 bridgehead atoms. The second-order valence-corrected chi connectivity index (χ2v) is 9.86. The third-order valence-electron chi connectivity index (χ3n) is 7.52. The van der Waals surface area contributed by atoms with Crippen LogP contribution in [0.15, 0.2) is 36.4 Å². The molecule has 2 aromatic carbocycles. The van der Waals surface area contributed by atoms with Gasteiger partial charge in [-0.1, -0.05) is 18.2 Å². The Morgan fingerprint density at radius 1 is 1.03 bits per heavy atom. The second-order valence-electron chi connectivity index (χ2n) is 9.86. The van der Waals surface area contributed by atoms with Crippen molar-refractivity contribution in [1.82, 2.24) is 15.1 Å². The van der Waals surface area contributed by atoms with E-state index in [1.54, 1.807) is 0 Å². The fourth-order valence-corrected chi connectivity index (χ4v) is 5.37. The number of carbonyl (C=O) groups is 3. The van der Waals surface area contributed by atoms with Crippen LogP contribution < -0.4 is 5.32 Å². The molecule has 1 atom stereocenters. The zero-order chi connectivity index (χ0) is 26.5. The molecule has 2 fully saturated rings. The molecule has 196 valence electrons. The first kappa shape index (κ1) is 25.3. The largest absolute Gasteiger partial charge is 0.416 e. The summed E-state index contributed by atoms with van der Waals surface area (Å²) in [5.41, 5.74) is -1.15. The highest BCUT2D eigenvalue weighted by molar-refractivity contribution is 6.05. The number of carbonyl (C=O) groups excluding carboxylic acids is 3. The second kappa shape index (κ2) is 9.21. The van der Waals surface area contributed by atoms with Crippen molar-refractivity contribution in [2.45, 2.75) is 56.6 Å². The zero-order valence-corrected chi connectivity index (χ0v) is 19.8. The van der Waals surface area contributed by atoms with E-state index in [-0.39, 0.29) is 48.9 Å². The molecule has 0 saturated carbocycles. The molecule has 7 nitrogen and oxygen atoms in total. The van der Waals surface area contributed by atoms with Crippen molar-refractivity contribution >= 4 is 17.7 Å². The van der Waals surface area contributed by atoms with E-state index < -0.39 is 46.9 Å². The standard InChI is InChI=1S/C26H25F4N3O4/c27-22-18-14-33(20-7-8-21(34)31-23(20)35)24(36)17(18)5-6-19(22)25(37)9-11-32(12-10-25)13-15-1-3-16(4-2-15)26(28,29)30/h1-6,20,37H,7-14H2,(H,31,34,35)/t20-/m1/s1. The maximum atomic E-state index is 15.7. The maximum absolute atomic E-state index is 15.7. The van der Waals surface area contributed by atoms with Crippen LogP contribution in [0.4, 0.5) is 17.6 Å². The van der Waals surface area contributed by atoms with Gasteiger partial charge in [-0.25, -0.2) is 4.39 Å². The van der Waals surface area contributed by atoms with Crippen molar-refractivity contribution in [2.75, 3.05) is 13.1 Å². The van der Waals surface area contributed by atoms with E-state index in [1.165, 1.54) is 29.2 Å². The third kappa shape index (κ3) is 4.73. The SMILES string of the molecule is O=C1CC[C@@H](N2Cc3c(ccc(C4(O)CCN(Cc5ccc(C(F)(F)F)cc5)CC4)c3F)C2=O)C(=O)N1. The number of rotatable bonds is 4. The predicted octanol–water partition coefficient (Wildman–Crippen LogP) is 3.09. The van der Waals surface area contributed by atoms with Gasteiger partial charge < -0.3 is 10.0 Å². The molecule has 5 rings (SSSR count). The summed E-state index contributed by atoms with van der Waals surface area (Å²) in [4.78, 5) is 39.8. The van der Waals surface area contributed by atoms with Gasteiger partial charge in [0.1, 0.15) is 11.9 Å². The van der Waals surface area contributed by atoms with Gasteiger partial charge >= 0.3 is 6.18 Å². The van der Waals surface area contributed by atoms with Crippen LogP contribution in [0.2, 0.25) is 0 Å². The molecule has 2 aromatic rings. The van der Waals surface area contributed by atoms with E-state index in [4.69, 9.17) is 0 Å². The Morgan fingerprint density at radius 2 is 1.70 bits per heavy atom. The molecule has 0 unspecified atom stereocenters. The highest BCUT2D eigenvalue weighted by Crippen LogP contribution is 2.39. The van der Waals surface area contributed by atoms with E-state index >= 15 is 4.39 Å². The third-order valence-corrected chi connectivity index (χ3v) is 7.52. The Balaban J connectivity index is 1.27. The van der Waals surface area contributed by atoms with Crippen LogP contribution in [0.25, 0.3) is 0 Å². The Hall–Kier alpha value is -3.31. The van der Waals surface area contributed by atoms with E-state index in [2.05, 4.69) is 5.32 Å². The number of imide groups is 1. The van der Waals surface area contributed by atoms with Gasteiger partial charge in [0, 0.05) is 42.7 Å². The van der Waals surface area contributed by atoms with Crippen molar-refractivity contribution in [3.05, 3.63) is 70.0 Å². The lowest BCUT2D eigenvalue weighted by atomic mass is 9.82. The molecule has 3 heterocycles. The molecule has 3 aliphatic heterocycles. The minimum atomic E-state index is -4.40. The van der Waals surface area contributed by atoms with E-state index in [0.29, 0.717) is 25.2 Å². The number of benzene rings is 2. The van der Waals surface area contributed by atoms with E-state index in [9.17, 15) is 32.7 Å². The number of piperidine rings is 2. The first-order chi connectivity index (χ1) is 17.5. The highest BCUT2D eigenvalue weighted by atomic mass is 19.4. The number of hydrogen-bond donors (Lipinski definition) is 2. The van der Waals surface area contributed by atoms with E-state index in [0.717, 1.165) is 12.1 Å². The van der Waals surface area contributed by atoms with Crippen molar-refractivity contribution < 1.29 is 37.1 Å². The molecule has 0 spiro atoms. The van der Waals surface area contributed by atoms with Gasteiger partial charge in [0.05, 0.1) is 17.7 Å². The molecule has 37 heavy (non-hydrogen) atoms. The summed E-state index contributed by atoms with van der Waals surface area (Å²) in [6.45, 7) is 1.07. The average molecular weight is 519 g/mol. The minimum absolute atomic E-state index is 0.0818. The van der Waals surface area contributed by atoms with Crippen LogP contribution in [-0.2, 0) is 34.5 Å². The smallest absolute Gasteiger partial charge is 0.385 e. The minimum Gasteiger partial charge on any atom is -0.385 e. The number of alkyl halides is 3. The monoisotopic (exact) mass is 519 g/mol. The molecule has 3 aliphatic rings. The first-order valence-electron chi connectivity index (χ1n) is 12.0. The number of amides is 3. The number of hydrogen-bond acceptors (Lipinski definition) is 5. The quantitative estimate of drug-likeness (QED) is 0.479. The Bertz CT molecular complexity index is 1250. The van der Waals surface area contributed by atoms with Crippen molar-refractivity contribution in [3.63, 3.8) is 0 Å². The summed E-state index contributed by atoms with van der Waals surface area (Å²) in [5.74, 6) is -2.17. The van der Waals surface area contributed by atoms with Crippen LogP contribution in [0.5, 0.6) is 0 Å². The fourth-order valence-electron chi connectivity index (χ4n) is 5.37. The fraction of sp³-hybridized carbons (Fsp3) is 0.423. The van der Waals surface area contributed by atoms with Gasteiger partial charge in [-0.05, 0) is 43.0 Å². The number of fused-ring (bicyclic) bond motifs is 1. The summed E-state index contributed by atoms with van der Waals surface area (Å²) >= 11 is 0. The van der Waals surface area contributed by atoms with Gasteiger partial charge in [0.25, 0.3) is 5.91 Å². The summed E-state index contributed by atoms with van der Waals surface area (Å²) in [6.07, 6.45) is -3.74. The van der Waals surface area contributed by atoms with Gasteiger partial charge in [-0.2, -0.15) is 13.2 Å². The normalized spacial score (nSPS) is 22.2. The molecule has 0 aromatic heterocycles. The van der Waals surface area contributed by atoms with Gasteiger partial charge in [-0.15, -0.1) is 0 Å². The van der Waals surface area contributed by atoms with Crippen molar-refractivity contribution in [3.8, 4) is 0 Å². The lowest BCUT2D eigenvalue weighted by Crippen LogP contribution is -2.52. The molecule has 0 aliphatic carbocycles. The average Bonchev–Trinajstić information content (AvgIpc) is 3.18. The van der Waals surface area contributed by atoms with Crippen LogP contribution in [0.3, 0.4) is 0 Å². The Morgan fingerprint density at radius 3 is 2.32 bits per heavy atom. The lowest BCUT2D eigenvalue weighted by molar-refractivity contribution is -0.138. The maximum Gasteiger partial charge on any atom is 0.416 e. The Kier molecular flexibility index (Phi) is 6.31.